The highest BCUT2D eigenvalue weighted by molar-refractivity contribution is 5.86. The highest BCUT2D eigenvalue weighted by atomic mass is 16.5. The highest BCUT2D eigenvalue weighted by Gasteiger charge is 2.08. The molecule has 0 atom stereocenters. The van der Waals surface area contributed by atoms with E-state index in [-0.39, 0.29) is 5.69 Å². The molecule has 0 radical (unpaired) electrons. The maximum absolute atomic E-state index is 11.1. The zero-order valence-corrected chi connectivity index (χ0v) is 8.80. The summed E-state index contributed by atoms with van der Waals surface area (Å²) in [6, 6.07) is 0. The summed E-state index contributed by atoms with van der Waals surface area (Å²) < 4.78 is 4.51. The van der Waals surface area contributed by atoms with Crippen LogP contribution in [0.2, 0.25) is 0 Å². The Hall–Kier alpha value is -1.69. The number of hydrogen-bond donors (Lipinski definition) is 1. The Balaban J connectivity index is 2.76. The fraction of sp³-hybridized carbons (Fsp3) is 0.444. The topological polar surface area (TPSA) is 81.3 Å². The van der Waals surface area contributed by atoms with Gasteiger partial charge >= 0.3 is 5.97 Å². The van der Waals surface area contributed by atoms with E-state index >= 15 is 0 Å². The van der Waals surface area contributed by atoms with Gasteiger partial charge in [0.25, 0.3) is 0 Å². The summed E-state index contributed by atoms with van der Waals surface area (Å²) in [5.41, 5.74) is 5.60. The van der Waals surface area contributed by atoms with Crippen molar-refractivity contribution in [2.75, 3.05) is 32.1 Å². The number of carbonyl (C=O) groups is 1. The molecule has 1 aromatic rings. The molecule has 1 aromatic heterocycles. The van der Waals surface area contributed by atoms with Gasteiger partial charge in [0.05, 0.1) is 19.5 Å². The van der Waals surface area contributed by atoms with Crippen molar-refractivity contribution < 1.29 is 9.53 Å². The number of methoxy groups -OCH3 is 1. The predicted octanol–water partition coefficient (Wildman–Crippen LogP) is -0.342. The van der Waals surface area contributed by atoms with E-state index in [1.54, 1.807) is 0 Å². The first kappa shape index (κ1) is 11.4. The van der Waals surface area contributed by atoms with E-state index < -0.39 is 5.97 Å². The van der Waals surface area contributed by atoms with Crippen LogP contribution in [0.3, 0.4) is 0 Å². The predicted molar refractivity (Wildman–Crippen MR) is 55.7 cm³/mol. The summed E-state index contributed by atoms with van der Waals surface area (Å²) in [5.74, 6) is 0.184. The molecule has 0 aromatic carbocycles. The number of rotatable bonds is 4. The largest absolute Gasteiger partial charge is 0.464 e. The molecule has 82 valence electrons. The number of aromatic nitrogens is 2. The highest BCUT2D eigenvalue weighted by Crippen LogP contribution is 2.06. The Morgan fingerprint density at radius 2 is 2.27 bits per heavy atom. The second-order valence-corrected chi connectivity index (χ2v) is 2.96. The smallest absolute Gasteiger partial charge is 0.358 e. The maximum Gasteiger partial charge on any atom is 0.358 e. The lowest BCUT2D eigenvalue weighted by Gasteiger charge is -2.15. The van der Waals surface area contributed by atoms with Crippen LogP contribution in [0.25, 0.3) is 0 Å². The van der Waals surface area contributed by atoms with Gasteiger partial charge in [-0.05, 0) is 0 Å². The summed E-state index contributed by atoms with van der Waals surface area (Å²) in [5, 5.41) is 0. The monoisotopic (exact) mass is 210 g/mol. The van der Waals surface area contributed by atoms with Crippen molar-refractivity contribution in [3.8, 4) is 0 Å². The first-order chi connectivity index (χ1) is 7.19. The molecule has 6 heteroatoms. The molecule has 0 saturated carbocycles. The molecule has 0 aliphatic rings. The normalized spacial score (nSPS) is 9.80. The van der Waals surface area contributed by atoms with Crippen molar-refractivity contribution in [1.29, 1.82) is 0 Å². The first-order valence-electron chi connectivity index (χ1n) is 4.50. The van der Waals surface area contributed by atoms with Crippen LogP contribution in [0, 0.1) is 0 Å². The van der Waals surface area contributed by atoms with Crippen molar-refractivity contribution in [1.82, 2.24) is 9.97 Å². The SMILES string of the molecule is COC(=O)c1cnc(N(C)CCN)cn1. The second kappa shape index (κ2) is 5.26. The average molecular weight is 210 g/mol. The number of likely N-dealkylation sites (N-methyl/N-ethyl adjacent to an activating group) is 1. The van der Waals surface area contributed by atoms with Crippen LogP contribution in [0.1, 0.15) is 10.5 Å². The molecule has 1 rings (SSSR count). The zero-order chi connectivity index (χ0) is 11.3. The Morgan fingerprint density at radius 3 is 2.73 bits per heavy atom. The van der Waals surface area contributed by atoms with Crippen LogP contribution in [0.5, 0.6) is 0 Å². The van der Waals surface area contributed by atoms with E-state index in [0.717, 1.165) is 0 Å². The summed E-state index contributed by atoms with van der Waals surface area (Å²) in [7, 11) is 3.16. The van der Waals surface area contributed by atoms with E-state index in [1.165, 1.54) is 19.5 Å². The van der Waals surface area contributed by atoms with Crippen molar-refractivity contribution in [3.63, 3.8) is 0 Å². The van der Waals surface area contributed by atoms with Crippen LogP contribution in [-0.4, -0.2) is 43.2 Å². The van der Waals surface area contributed by atoms with Crippen molar-refractivity contribution in [2.24, 2.45) is 5.73 Å². The number of hydrogen-bond acceptors (Lipinski definition) is 6. The third kappa shape index (κ3) is 2.88. The molecule has 0 fully saturated rings. The molecular weight excluding hydrogens is 196 g/mol. The Bertz CT molecular complexity index is 325. The van der Waals surface area contributed by atoms with Gasteiger partial charge in [-0.1, -0.05) is 0 Å². The summed E-state index contributed by atoms with van der Waals surface area (Å²) >= 11 is 0. The number of esters is 1. The Kier molecular flexibility index (Phi) is 3.99. The fourth-order valence-electron chi connectivity index (χ4n) is 1.04. The van der Waals surface area contributed by atoms with Crippen LogP contribution in [0.15, 0.2) is 12.4 Å². The molecule has 0 aliphatic carbocycles. The second-order valence-electron chi connectivity index (χ2n) is 2.96. The number of nitrogens with zero attached hydrogens (tertiary/aromatic N) is 3. The Labute approximate surface area is 88.1 Å². The van der Waals surface area contributed by atoms with Crippen LogP contribution < -0.4 is 10.6 Å². The van der Waals surface area contributed by atoms with E-state index in [0.29, 0.717) is 18.9 Å². The number of carbonyl (C=O) groups excluding carboxylic acids is 1. The van der Waals surface area contributed by atoms with Gasteiger partial charge in [-0.15, -0.1) is 0 Å². The summed E-state index contributed by atoms with van der Waals surface area (Å²) in [4.78, 5) is 20.9. The molecule has 15 heavy (non-hydrogen) atoms. The van der Waals surface area contributed by atoms with Gasteiger partial charge in [-0.2, -0.15) is 0 Å². The van der Waals surface area contributed by atoms with Gasteiger partial charge < -0.3 is 15.4 Å². The maximum atomic E-state index is 11.1. The molecule has 6 nitrogen and oxygen atoms in total. The van der Waals surface area contributed by atoms with Crippen LogP contribution in [0.4, 0.5) is 5.82 Å². The van der Waals surface area contributed by atoms with Gasteiger partial charge in [-0.3, -0.25) is 0 Å². The molecular formula is C9H14N4O2. The molecule has 2 N–H and O–H groups in total. The van der Waals surface area contributed by atoms with E-state index in [2.05, 4.69) is 14.7 Å². The fourth-order valence-corrected chi connectivity index (χ4v) is 1.04. The molecule has 0 saturated heterocycles. The third-order valence-electron chi connectivity index (χ3n) is 1.89. The van der Waals surface area contributed by atoms with Crippen molar-refractivity contribution in [2.45, 2.75) is 0 Å². The lowest BCUT2D eigenvalue weighted by atomic mass is 10.4. The van der Waals surface area contributed by atoms with Gasteiger partial charge in [0.15, 0.2) is 5.69 Å². The minimum Gasteiger partial charge on any atom is -0.464 e. The first-order valence-corrected chi connectivity index (χ1v) is 4.50. The number of ether oxygens (including phenoxy) is 1. The van der Waals surface area contributed by atoms with Crippen LogP contribution >= 0.6 is 0 Å². The van der Waals surface area contributed by atoms with Gasteiger partial charge in [0.1, 0.15) is 5.82 Å². The standard InChI is InChI=1S/C9H14N4O2/c1-13(4-3-10)8-6-11-7(5-12-8)9(14)15-2/h5-6H,3-4,10H2,1-2H3. The van der Waals surface area contributed by atoms with Crippen molar-refractivity contribution in [3.05, 3.63) is 18.1 Å². The van der Waals surface area contributed by atoms with Crippen LogP contribution in [-0.2, 0) is 4.74 Å². The lowest BCUT2D eigenvalue weighted by Crippen LogP contribution is -2.26. The molecule has 0 aliphatic heterocycles. The Morgan fingerprint density at radius 1 is 1.53 bits per heavy atom. The quantitative estimate of drug-likeness (QED) is 0.684. The van der Waals surface area contributed by atoms with Gasteiger partial charge in [0, 0.05) is 20.1 Å². The van der Waals surface area contributed by atoms with Crippen molar-refractivity contribution >= 4 is 11.8 Å². The van der Waals surface area contributed by atoms with Gasteiger partial charge in [0.2, 0.25) is 0 Å². The summed E-state index contributed by atoms with van der Waals surface area (Å²) in [6.07, 6.45) is 2.90. The molecule has 0 bridgehead atoms. The van der Waals surface area contributed by atoms with E-state index in [9.17, 15) is 4.79 Å². The lowest BCUT2D eigenvalue weighted by molar-refractivity contribution is 0.0593. The third-order valence-corrected chi connectivity index (χ3v) is 1.89. The van der Waals surface area contributed by atoms with E-state index in [1.807, 2.05) is 11.9 Å². The average Bonchev–Trinajstić information content (AvgIpc) is 2.28. The van der Waals surface area contributed by atoms with Gasteiger partial charge in [-0.25, -0.2) is 14.8 Å². The molecule has 0 unspecified atom stereocenters. The zero-order valence-electron chi connectivity index (χ0n) is 8.80. The molecule has 0 spiro atoms. The molecule has 1 heterocycles. The molecule has 0 amide bonds. The number of nitrogens with two attached hydrogens (primary N) is 1. The minimum atomic E-state index is -0.490. The number of anilines is 1. The minimum absolute atomic E-state index is 0.197. The van der Waals surface area contributed by atoms with E-state index in [4.69, 9.17) is 5.73 Å². The summed E-state index contributed by atoms with van der Waals surface area (Å²) in [6.45, 7) is 1.23.